The Labute approximate surface area is 95.0 Å². The van der Waals surface area contributed by atoms with Crippen LogP contribution in [-0.4, -0.2) is 25.3 Å². The Morgan fingerprint density at radius 2 is 1.81 bits per heavy atom. The molecule has 0 aliphatic rings. The third-order valence-electron chi connectivity index (χ3n) is 2.26. The van der Waals surface area contributed by atoms with Crippen LogP contribution in [0, 0.1) is 0 Å². The molecule has 86 valence electrons. The zero-order chi connectivity index (χ0) is 12.0. The molecule has 0 heterocycles. The van der Waals surface area contributed by atoms with E-state index in [4.69, 9.17) is 0 Å². The van der Waals surface area contributed by atoms with Gasteiger partial charge >= 0.3 is 0 Å². The largest absolute Gasteiger partial charge is 0.376 e. The second-order valence-electron chi connectivity index (χ2n) is 3.38. The summed E-state index contributed by atoms with van der Waals surface area (Å²) in [5, 5.41) is 5.47. The average molecular weight is 220 g/mol. The molecule has 0 spiro atoms. The van der Waals surface area contributed by atoms with Gasteiger partial charge in [0.25, 0.3) is 0 Å². The number of ketones is 1. The van der Waals surface area contributed by atoms with Crippen LogP contribution in [0.5, 0.6) is 0 Å². The molecular formula is C12H16N2O2. The molecule has 1 aromatic rings. The van der Waals surface area contributed by atoms with Crippen molar-refractivity contribution in [2.45, 2.75) is 13.3 Å². The van der Waals surface area contributed by atoms with E-state index in [0.717, 1.165) is 5.69 Å². The van der Waals surface area contributed by atoms with E-state index in [1.807, 2.05) is 6.92 Å². The van der Waals surface area contributed by atoms with Gasteiger partial charge in [-0.25, -0.2) is 0 Å². The number of hydrogen-bond donors (Lipinski definition) is 2. The second-order valence-corrected chi connectivity index (χ2v) is 3.38. The summed E-state index contributed by atoms with van der Waals surface area (Å²) in [6.45, 7) is 2.07. The molecule has 0 saturated carbocycles. The number of anilines is 1. The van der Waals surface area contributed by atoms with Gasteiger partial charge in [-0.1, -0.05) is 6.92 Å². The van der Waals surface area contributed by atoms with E-state index in [0.29, 0.717) is 12.0 Å². The maximum Gasteiger partial charge on any atom is 0.239 e. The number of rotatable bonds is 5. The minimum Gasteiger partial charge on any atom is -0.376 e. The molecule has 0 saturated heterocycles. The predicted molar refractivity (Wildman–Crippen MR) is 63.6 cm³/mol. The van der Waals surface area contributed by atoms with E-state index >= 15 is 0 Å². The van der Waals surface area contributed by atoms with Crippen molar-refractivity contribution in [3.8, 4) is 0 Å². The van der Waals surface area contributed by atoms with Crippen LogP contribution in [0.3, 0.4) is 0 Å². The van der Waals surface area contributed by atoms with Crippen molar-refractivity contribution >= 4 is 17.4 Å². The molecule has 0 atom stereocenters. The molecule has 0 radical (unpaired) electrons. The van der Waals surface area contributed by atoms with E-state index < -0.39 is 0 Å². The quantitative estimate of drug-likeness (QED) is 0.738. The molecule has 4 nitrogen and oxygen atoms in total. The molecule has 0 unspecified atom stereocenters. The summed E-state index contributed by atoms with van der Waals surface area (Å²) in [6.07, 6.45) is 0.505. The first-order valence-corrected chi connectivity index (χ1v) is 5.25. The third kappa shape index (κ3) is 3.38. The first-order valence-electron chi connectivity index (χ1n) is 5.25. The molecule has 0 bridgehead atoms. The fraction of sp³-hybridized carbons (Fsp3) is 0.333. The van der Waals surface area contributed by atoms with Crippen LogP contribution in [0.1, 0.15) is 23.7 Å². The van der Waals surface area contributed by atoms with Crippen LogP contribution >= 0.6 is 0 Å². The monoisotopic (exact) mass is 220 g/mol. The Bertz CT molecular complexity index is 371. The molecular weight excluding hydrogens is 204 g/mol. The first kappa shape index (κ1) is 12.2. The second kappa shape index (κ2) is 5.90. The summed E-state index contributed by atoms with van der Waals surface area (Å²) >= 11 is 0. The van der Waals surface area contributed by atoms with Gasteiger partial charge in [-0.15, -0.1) is 0 Å². The van der Waals surface area contributed by atoms with Crippen LogP contribution in [0.25, 0.3) is 0 Å². The average Bonchev–Trinajstić information content (AvgIpc) is 2.35. The van der Waals surface area contributed by atoms with E-state index in [2.05, 4.69) is 10.6 Å². The highest BCUT2D eigenvalue weighted by atomic mass is 16.1. The van der Waals surface area contributed by atoms with Crippen LogP contribution in [0.4, 0.5) is 5.69 Å². The smallest absolute Gasteiger partial charge is 0.239 e. The number of nitrogens with one attached hydrogen (secondary N) is 2. The molecule has 4 heteroatoms. The topological polar surface area (TPSA) is 58.2 Å². The third-order valence-corrected chi connectivity index (χ3v) is 2.26. The fourth-order valence-electron chi connectivity index (χ4n) is 1.25. The number of carbonyl (C=O) groups excluding carboxylic acids is 2. The van der Waals surface area contributed by atoms with Crippen LogP contribution in [0.15, 0.2) is 24.3 Å². The Morgan fingerprint density at radius 1 is 1.19 bits per heavy atom. The Morgan fingerprint density at radius 3 is 2.31 bits per heavy atom. The van der Waals surface area contributed by atoms with Crippen LogP contribution in [0.2, 0.25) is 0 Å². The highest BCUT2D eigenvalue weighted by molar-refractivity contribution is 5.96. The lowest BCUT2D eigenvalue weighted by atomic mass is 10.1. The summed E-state index contributed by atoms with van der Waals surface area (Å²) < 4.78 is 0. The van der Waals surface area contributed by atoms with Gasteiger partial charge in [0.05, 0.1) is 6.54 Å². The predicted octanol–water partition coefficient (Wildman–Crippen LogP) is 1.44. The number of benzene rings is 1. The Hall–Kier alpha value is -1.84. The molecule has 1 amide bonds. The van der Waals surface area contributed by atoms with E-state index in [1.165, 1.54) is 0 Å². The van der Waals surface area contributed by atoms with Gasteiger partial charge in [-0.3, -0.25) is 9.59 Å². The zero-order valence-electron chi connectivity index (χ0n) is 9.54. The lowest BCUT2D eigenvalue weighted by Crippen LogP contribution is -2.26. The lowest BCUT2D eigenvalue weighted by molar-refractivity contribution is -0.118. The molecule has 0 aliphatic heterocycles. The van der Waals surface area contributed by atoms with Crippen molar-refractivity contribution in [2.24, 2.45) is 0 Å². The summed E-state index contributed by atoms with van der Waals surface area (Å²) in [5.41, 5.74) is 1.53. The molecule has 0 aliphatic carbocycles. The molecule has 16 heavy (non-hydrogen) atoms. The normalized spacial score (nSPS) is 9.62. The van der Waals surface area contributed by atoms with Crippen molar-refractivity contribution < 1.29 is 9.59 Å². The van der Waals surface area contributed by atoms with Crippen molar-refractivity contribution in [2.75, 3.05) is 18.9 Å². The van der Waals surface area contributed by atoms with Gasteiger partial charge in [0.15, 0.2) is 5.78 Å². The first-order chi connectivity index (χ1) is 7.67. The van der Waals surface area contributed by atoms with Crippen molar-refractivity contribution in [1.82, 2.24) is 5.32 Å². The number of amides is 1. The highest BCUT2D eigenvalue weighted by Crippen LogP contribution is 2.10. The van der Waals surface area contributed by atoms with Gasteiger partial charge in [0.1, 0.15) is 0 Å². The fourth-order valence-corrected chi connectivity index (χ4v) is 1.25. The SMILES string of the molecule is CCC(=O)c1ccc(NCC(=O)NC)cc1. The maximum absolute atomic E-state index is 11.4. The van der Waals surface area contributed by atoms with Crippen molar-refractivity contribution in [3.63, 3.8) is 0 Å². The van der Waals surface area contributed by atoms with Crippen LogP contribution in [-0.2, 0) is 4.79 Å². The summed E-state index contributed by atoms with van der Waals surface area (Å²) in [7, 11) is 1.59. The summed E-state index contributed by atoms with van der Waals surface area (Å²) in [5.74, 6) is 0.0477. The van der Waals surface area contributed by atoms with Crippen molar-refractivity contribution in [3.05, 3.63) is 29.8 Å². The molecule has 1 rings (SSSR count). The number of Topliss-reactive ketones (excluding diaryl/α,β-unsaturated/α-hetero) is 1. The van der Waals surface area contributed by atoms with Crippen molar-refractivity contribution in [1.29, 1.82) is 0 Å². The highest BCUT2D eigenvalue weighted by Gasteiger charge is 2.02. The van der Waals surface area contributed by atoms with Gasteiger partial charge in [-0.05, 0) is 24.3 Å². The minimum atomic E-state index is -0.0753. The minimum absolute atomic E-state index is 0.0753. The summed E-state index contributed by atoms with van der Waals surface area (Å²) in [4.78, 5) is 22.3. The van der Waals surface area contributed by atoms with Crippen LogP contribution < -0.4 is 10.6 Å². The van der Waals surface area contributed by atoms with Gasteiger partial charge in [0, 0.05) is 24.7 Å². The van der Waals surface area contributed by atoms with E-state index in [-0.39, 0.29) is 18.2 Å². The number of carbonyl (C=O) groups is 2. The van der Waals surface area contributed by atoms with Gasteiger partial charge in [0.2, 0.25) is 5.91 Å². The van der Waals surface area contributed by atoms with E-state index in [1.54, 1.807) is 31.3 Å². The Kier molecular flexibility index (Phi) is 4.51. The van der Waals surface area contributed by atoms with E-state index in [9.17, 15) is 9.59 Å². The molecule has 1 aromatic carbocycles. The number of likely N-dealkylation sites (N-methyl/N-ethyl adjacent to an activating group) is 1. The summed E-state index contributed by atoms with van der Waals surface area (Å²) in [6, 6.07) is 7.12. The molecule has 0 fully saturated rings. The Balaban J connectivity index is 2.58. The zero-order valence-corrected chi connectivity index (χ0v) is 9.54. The van der Waals surface area contributed by atoms with Gasteiger partial charge in [-0.2, -0.15) is 0 Å². The molecule has 2 N–H and O–H groups in total. The number of hydrogen-bond acceptors (Lipinski definition) is 3. The van der Waals surface area contributed by atoms with Gasteiger partial charge < -0.3 is 10.6 Å². The standard InChI is InChI=1S/C12H16N2O2/c1-3-11(15)9-4-6-10(7-5-9)14-8-12(16)13-2/h4-7,14H,3,8H2,1-2H3,(H,13,16). The maximum atomic E-state index is 11.4. The lowest BCUT2D eigenvalue weighted by Gasteiger charge is -2.05. The molecule has 0 aromatic heterocycles.